The lowest BCUT2D eigenvalue weighted by Gasteiger charge is -2.43. The van der Waals surface area contributed by atoms with Gasteiger partial charge in [-0.25, -0.2) is 0 Å². The van der Waals surface area contributed by atoms with E-state index in [-0.39, 0.29) is 6.61 Å². The summed E-state index contributed by atoms with van der Waals surface area (Å²) in [6.45, 7) is 1.65. The first kappa shape index (κ1) is 18.8. The van der Waals surface area contributed by atoms with Crippen molar-refractivity contribution in [2.75, 3.05) is 33.4 Å². The number of ether oxygens (including phenoxy) is 1. The molecular weight excluding hydrogens is 274 g/mol. The van der Waals surface area contributed by atoms with Crippen LogP contribution in [-0.4, -0.2) is 83.1 Å². The summed E-state index contributed by atoms with van der Waals surface area (Å²) in [5.41, 5.74) is 0. The van der Waals surface area contributed by atoms with Gasteiger partial charge in [0.1, 0.15) is 12.2 Å². The molecule has 0 aliphatic carbocycles. The van der Waals surface area contributed by atoms with Crippen LogP contribution >= 0.6 is 0 Å². The average Bonchev–Trinajstić information content (AvgIpc) is 2.48. The quantitative estimate of drug-likeness (QED) is 0.415. The van der Waals surface area contributed by atoms with Crippen molar-refractivity contribution in [3.63, 3.8) is 0 Å². The number of likely N-dealkylation sites (tertiary alicyclic amines) is 1. The van der Waals surface area contributed by atoms with Crippen molar-refractivity contribution in [3.8, 4) is 0 Å². The molecule has 6 nitrogen and oxygen atoms in total. The topological polar surface area (TPSA) is 93.4 Å². The number of methoxy groups -OCH3 is 1. The van der Waals surface area contributed by atoms with Crippen LogP contribution in [0.5, 0.6) is 0 Å². The molecule has 0 radical (unpaired) electrons. The summed E-state index contributed by atoms with van der Waals surface area (Å²) in [6, 6.07) is -0.481. The first-order chi connectivity index (χ1) is 10.1. The summed E-state index contributed by atoms with van der Waals surface area (Å²) in [5.74, 6) is 0. The lowest BCUT2D eigenvalue weighted by Crippen LogP contribution is -2.62. The van der Waals surface area contributed by atoms with Crippen molar-refractivity contribution in [2.45, 2.75) is 62.9 Å². The fourth-order valence-electron chi connectivity index (χ4n) is 2.90. The Morgan fingerprint density at radius 1 is 0.952 bits per heavy atom. The standard InChI is InChI=1S/C15H31NO5/c1-21-9-7-5-3-2-4-6-8-16-10-13(18)15(20)14(19)12(16)11-17/h12-15,17-20H,2-11H2,1H3/t12-,13+,14-,15-/m1/s1. The van der Waals surface area contributed by atoms with E-state index in [1.807, 2.05) is 4.90 Å². The molecule has 1 aliphatic heterocycles. The smallest absolute Gasteiger partial charge is 0.109 e. The maximum absolute atomic E-state index is 9.88. The molecule has 0 unspecified atom stereocenters. The van der Waals surface area contributed by atoms with Crippen LogP contribution in [-0.2, 0) is 4.74 Å². The highest BCUT2D eigenvalue weighted by Crippen LogP contribution is 2.19. The van der Waals surface area contributed by atoms with E-state index in [2.05, 4.69) is 0 Å². The normalized spacial score (nSPS) is 30.7. The molecule has 0 spiro atoms. The van der Waals surface area contributed by atoms with Gasteiger partial charge >= 0.3 is 0 Å². The third kappa shape index (κ3) is 6.18. The third-order valence-electron chi connectivity index (χ3n) is 4.26. The molecule has 0 aromatic heterocycles. The Bertz CT molecular complexity index is 266. The Labute approximate surface area is 127 Å². The monoisotopic (exact) mass is 305 g/mol. The average molecular weight is 305 g/mol. The van der Waals surface area contributed by atoms with E-state index in [0.717, 1.165) is 38.8 Å². The fourth-order valence-corrected chi connectivity index (χ4v) is 2.90. The van der Waals surface area contributed by atoms with Gasteiger partial charge in [0, 0.05) is 20.3 Å². The second-order valence-corrected chi connectivity index (χ2v) is 5.91. The summed E-state index contributed by atoms with van der Waals surface area (Å²) in [5, 5.41) is 38.6. The van der Waals surface area contributed by atoms with E-state index in [9.17, 15) is 20.4 Å². The molecule has 126 valence electrons. The number of unbranched alkanes of at least 4 members (excludes halogenated alkanes) is 5. The van der Waals surface area contributed by atoms with E-state index >= 15 is 0 Å². The Balaban J connectivity index is 2.18. The van der Waals surface area contributed by atoms with E-state index in [4.69, 9.17) is 4.74 Å². The molecule has 0 saturated carbocycles. The molecule has 21 heavy (non-hydrogen) atoms. The van der Waals surface area contributed by atoms with Crippen LogP contribution in [0.25, 0.3) is 0 Å². The molecule has 0 aromatic rings. The first-order valence-electron chi connectivity index (χ1n) is 7.99. The van der Waals surface area contributed by atoms with Crippen molar-refractivity contribution < 1.29 is 25.2 Å². The van der Waals surface area contributed by atoms with Crippen LogP contribution < -0.4 is 0 Å². The number of aliphatic hydroxyl groups excluding tert-OH is 4. The Kier molecular flexibility index (Phi) is 9.39. The molecule has 0 bridgehead atoms. The van der Waals surface area contributed by atoms with Gasteiger partial charge in [0.05, 0.1) is 18.8 Å². The van der Waals surface area contributed by atoms with Gasteiger partial charge in [-0.2, -0.15) is 0 Å². The maximum atomic E-state index is 9.88. The van der Waals surface area contributed by atoms with Gasteiger partial charge < -0.3 is 25.2 Å². The lowest BCUT2D eigenvalue weighted by molar-refractivity contribution is -0.145. The molecule has 1 heterocycles. The predicted molar refractivity (Wildman–Crippen MR) is 80.0 cm³/mol. The van der Waals surface area contributed by atoms with Crippen LogP contribution in [0.4, 0.5) is 0 Å². The molecule has 1 rings (SSSR count). The SMILES string of the molecule is COCCCCCCCCN1C[C@H](O)[C@@H](O)[C@H](O)[C@H]1CO. The van der Waals surface area contributed by atoms with Gasteiger partial charge in [0.2, 0.25) is 0 Å². The van der Waals surface area contributed by atoms with E-state index in [1.54, 1.807) is 7.11 Å². The number of hydrogen-bond acceptors (Lipinski definition) is 6. The number of hydrogen-bond donors (Lipinski definition) is 4. The second-order valence-electron chi connectivity index (χ2n) is 5.91. The van der Waals surface area contributed by atoms with Crippen LogP contribution in [0, 0.1) is 0 Å². The van der Waals surface area contributed by atoms with Crippen LogP contribution in [0.2, 0.25) is 0 Å². The van der Waals surface area contributed by atoms with Crippen molar-refractivity contribution in [2.24, 2.45) is 0 Å². The van der Waals surface area contributed by atoms with Crippen LogP contribution in [0.1, 0.15) is 38.5 Å². The lowest BCUT2D eigenvalue weighted by atomic mass is 9.94. The van der Waals surface area contributed by atoms with Gasteiger partial charge in [0.25, 0.3) is 0 Å². The van der Waals surface area contributed by atoms with Crippen molar-refractivity contribution >= 4 is 0 Å². The van der Waals surface area contributed by atoms with Gasteiger partial charge in [-0.3, -0.25) is 4.90 Å². The highest BCUT2D eigenvalue weighted by molar-refractivity contribution is 4.93. The molecule has 1 aliphatic rings. The fraction of sp³-hybridized carbons (Fsp3) is 1.00. The zero-order valence-electron chi connectivity index (χ0n) is 13.0. The summed E-state index contributed by atoms with van der Waals surface area (Å²) >= 11 is 0. The number of rotatable bonds is 10. The highest BCUT2D eigenvalue weighted by atomic mass is 16.5. The minimum atomic E-state index is -1.17. The molecule has 4 N–H and O–H groups in total. The summed E-state index contributed by atoms with van der Waals surface area (Å²) < 4.78 is 5.00. The number of piperidine rings is 1. The molecule has 1 fully saturated rings. The van der Waals surface area contributed by atoms with Gasteiger partial charge in [-0.15, -0.1) is 0 Å². The van der Waals surface area contributed by atoms with Gasteiger partial charge in [0.15, 0.2) is 0 Å². The van der Waals surface area contributed by atoms with Crippen molar-refractivity contribution in [1.29, 1.82) is 0 Å². The van der Waals surface area contributed by atoms with Crippen LogP contribution in [0.15, 0.2) is 0 Å². The molecule has 6 heteroatoms. The molecular formula is C15H31NO5. The van der Waals surface area contributed by atoms with E-state index < -0.39 is 24.4 Å². The highest BCUT2D eigenvalue weighted by Gasteiger charge is 2.40. The zero-order valence-corrected chi connectivity index (χ0v) is 13.0. The molecule has 0 amide bonds. The van der Waals surface area contributed by atoms with E-state index in [1.165, 1.54) is 12.8 Å². The minimum Gasteiger partial charge on any atom is -0.395 e. The summed E-state index contributed by atoms with van der Waals surface area (Å²) in [6.07, 6.45) is 3.49. The van der Waals surface area contributed by atoms with Gasteiger partial charge in [-0.05, 0) is 19.4 Å². The molecule has 1 saturated heterocycles. The second kappa shape index (κ2) is 10.5. The largest absolute Gasteiger partial charge is 0.395 e. The number of nitrogens with zero attached hydrogens (tertiary/aromatic N) is 1. The Morgan fingerprint density at radius 3 is 2.19 bits per heavy atom. The molecule has 4 atom stereocenters. The number of aliphatic hydroxyl groups is 4. The van der Waals surface area contributed by atoms with Crippen LogP contribution in [0.3, 0.4) is 0 Å². The van der Waals surface area contributed by atoms with Crippen molar-refractivity contribution in [1.82, 2.24) is 4.90 Å². The summed E-state index contributed by atoms with van der Waals surface area (Å²) in [4.78, 5) is 1.88. The Morgan fingerprint density at radius 2 is 1.57 bits per heavy atom. The van der Waals surface area contributed by atoms with E-state index in [0.29, 0.717) is 6.54 Å². The molecule has 0 aromatic carbocycles. The van der Waals surface area contributed by atoms with Gasteiger partial charge in [-0.1, -0.05) is 25.7 Å². The third-order valence-corrected chi connectivity index (χ3v) is 4.26. The van der Waals surface area contributed by atoms with Crippen molar-refractivity contribution in [3.05, 3.63) is 0 Å². The maximum Gasteiger partial charge on any atom is 0.109 e. The Hall–Kier alpha value is -0.240. The predicted octanol–water partition coefficient (Wildman–Crippen LogP) is -0.267. The number of β-amino-alcohol motifs (C(OH)–C–C–N with tert-alkyl or cyclic N) is 1. The minimum absolute atomic E-state index is 0.206. The first-order valence-corrected chi connectivity index (χ1v) is 7.99. The zero-order chi connectivity index (χ0) is 15.7. The summed E-state index contributed by atoms with van der Waals surface area (Å²) in [7, 11) is 1.72.